The number of carbonyl (C=O) groups excluding carboxylic acids is 1. The van der Waals surface area contributed by atoms with Crippen LogP contribution in [0, 0.1) is 12.8 Å². The van der Waals surface area contributed by atoms with E-state index in [0.717, 1.165) is 18.3 Å². The Bertz CT molecular complexity index is 334. The average molecular weight is 207 g/mol. The van der Waals surface area contributed by atoms with E-state index in [2.05, 4.69) is 18.8 Å². The lowest BCUT2D eigenvalue weighted by Crippen LogP contribution is -2.04. The normalized spacial score (nSPS) is 10.4. The topological polar surface area (TPSA) is 39.2 Å². The maximum Gasteiger partial charge on any atom is 0.216 e. The zero-order valence-corrected chi connectivity index (χ0v) is 9.49. The Morgan fingerprint density at radius 1 is 1.53 bits per heavy atom. The van der Waals surface area contributed by atoms with E-state index in [1.807, 2.05) is 6.92 Å². The van der Waals surface area contributed by atoms with Gasteiger partial charge in [-0.2, -0.15) is 0 Å². The molecule has 1 rings (SSSR count). The first-order valence-corrected chi connectivity index (χ1v) is 5.18. The molecule has 0 bridgehead atoms. The SMILES string of the molecule is Cc1cc(C=O)cnc1OCCC(C)C. The van der Waals surface area contributed by atoms with Crippen molar-refractivity contribution in [3.05, 3.63) is 23.4 Å². The number of pyridine rings is 1. The van der Waals surface area contributed by atoms with Crippen LogP contribution in [0.15, 0.2) is 12.3 Å². The molecule has 0 saturated heterocycles. The standard InChI is InChI=1S/C12H17NO2/c1-9(2)4-5-15-12-10(3)6-11(8-14)7-13-12/h6-9H,4-5H2,1-3H3. The minimum Gasteiger partial charge on any atom is -0.477 e. The largest absolute Gasteiger partial charge is 0.477 e. The highest BCUT2D eigenvalue weighted by molar-refractivity contribution is 5.74. The van der Waals surface area contributed by atoms with Crippen LogP contribution in [-0.2, 0) is 0 Å². The zero-order chi connectivity index (χ0) is 11.3. The van der Waals surface area contributed by atoms with Gasteiger partial charge in [-0.25, -0.2) is 4.98 Å². The van der Waals surface area contributed by atoms with Gasteiger partial charge in [-0.15, -0.1) is 0 Å². The van der Waals surface area contributed by atoms with Gasteiger partial charge in [-0.3, -0.25) is 4.79 Å². The van der Waals surface area contributed by atoms with Gasteiger partial charge in [0.05, 0.1) is 6.61 Å². The molecule has 0 aromatic carbocycles. The van der Waals surface area contributed by atoms with Gasteiger partial charge in [0.1, 0.15) is 0 Å². The van der Waals surface area contributed by atoms with Crippen molar-refractivity contribution < 1.29 is 9.53 Å². The zero-order valence-electron chi connectivity index (χ0n) is 9.49. The first-order valence-electron chi connectivity index (χ1n) is 5.18. The molecule has 82 valence electrons. The van der Waals surface area contributed by atoms with Crippen LogP contribution in [0.5, 0.6) is 5.88 Å². The van der Waals surface area contributed by atoms with E-state index in [4.69, 9.17) is 4.74 Å². The molecular weight excluding hydrogens is 190 g/mol. The van der Waals surface area contributed by atoms with Gasteiger partial charge in [0.2, 0.25) is 5.88 Å². The minimum absolute atomic E-state index is 0.587. The third kappa shape index (κ3) is 3.70. The Hall–Kier alpha value is -1.38. The third-order valence-corrected chi connectivity index (χ3v) is 2.12. The lowest BCUT2D eigenvalue weighted by molar-refractivity contribution is 0.112. The maximum absolute atomic E-state index is 10.5. The molecule has 15 heavy (non-hydrogen) atoms. The number of aryl methyl sites for hydroxylation is 1. The van der Waals surface area contributed by atoms with Crippen molar-refractivity contribution in [2.45, 2.75) is 27.2 Å². The van der Waals surface area contributed by atoms with Crippen LogP contribution in [0.4, 0.5) is 0 Å². The van der Waals surface area contributed by atoms with Gasteiger partial charge in [0.25, 0.3) is 0 Å². The van der Waals surface area contributed by atoms with Crippen molar-refractivity contribution in [1.82, 2.24) is 4.98 Å². The Kier molecular flexibility index (Phi) is 4.28. The smallest absolute Gasteiger partial charge is 0.216 e. The van der Waals surface area contributed by atoms with Crippen LogP contribution in [0.3, 0.4) is 0 Å². The molecule has 0 radical (unpaired) electrons. The summed E-state index contributed by atoms with van der Waals surface area (Å²) in [5.74, 6) is 1.25. The molecule has 1 heterocycles. The van der Waals surface area contributed by atoms with E-state index in [1.165, 1.54) is 6.20 Å². The predicted molar refractivity (Wildman–Crippen MR) is 59.3 cm³/mol. The average Bonchev–Trinajstić information content (AvgIpc) is 2.20. The van der Waals surface area contributed by atoms with Crippen molar-refractivity contribution in [2.75, 3.05) is 6.61 Å². The van der Waals surface area contributed by atoms with Crippen LogP contribution < -0.4 is 4.74 Å². The second-order valence-electron chi connectivity index (χ2n) is 4.04. The number of ether oxygens (including phenoxy) is 1. The number of aromatic nitrogens is 1. The molecule has 1 aromatic heterocycles. The first-order chi connectivity index (χ1) is 7.13. The first kappa shape index (κ1) is 11.7. The summed E-state index contributed by atoms with van der Waals surface area (Å²) in [4.78, 5) is 14.6. The number of nitrogens with zero attached hydrogens (tertiary/aromatic N) is 1. The molecule has 0 unspecified atom stereocenters. The molecule has 0 atom stereocenters. The Balaban J connectivity index is 2.58. The van der Waals surface area contributed by atoms with Crippen LogP contribution in [-0.4, -0.2) is 17.9 Å². The lowest BCUT2D eigenvalue weighted by atomic mass is 10.1. The highest BCUT2D eigenvalue weighted by Gasteiger charge is 2.03. The van der Waals surface area contributed by atoms with Gasteiger partial charge < -0.3 is 4.74 Å². The third-order valence-electron chi connectivity index (χ3n) is 2.12. The minimum atomic E-state index is 0.587. The molecule has 3 nitrogen and oxygen atoms in total. The summed E-state index contributed by atoms with van der Waals surface area (Å²) < 4.78 is 5.52. The molecule has 0 saturated carbocycles. The van der Waals surface area contributed by atoms with E-state index in [9.17, 15) is 4.79 Å². The van der Waals surface area contributed by atoms with Crippen LogP contribution >= 0.6 is 0 Å². The Morgan fingerprint density at radius 3 is 2.80 bits per heavy atom. The summed E-state index contributed by atoms with van der Waals surface area (Å²) >= 11 is 0. The predicted octanol–water partition coefficient (Wildman–Crippen LogP) is 2.63. The van der Waals surface area contributed by atoms with Crippen LogP contribution in [0.25, 0.3) is 0 Å². The second-order valence-corrected chi connectivity index (χ2v) is 4.04. The lowest BCUT2D eigenvalue weighted by Gasteiger charge is -2.09. The van der Waals surface area contributed by atoms with Crippen molar-refractivity contribution >= 4 is 6.29 Å². The molecule has 0 aliphatic carbocycles. The van der Waals surface area contributed by atoms with Gasteiger partial charge in [-0.05, 0) is 25.3 Å². The molecule has 0 amide bonds. The number of hydrogen-bond donors (Lipinski definition) is 0. The van der Waals surface area contributed by atoms with Crippen molar-refractivity contribution in [2.24, 2.45) is 5.92 Å². The van der Waals surface area contributed by atoms with Crippen molar-refractivity contribution in [1.29, 1.82) is 0 Å². The number of aldehydes is 1. The van der Waals surface area contributed by atoms with E-state index in [1.54, 1.807) is 6.07 Å². The van der Waals surface area contributed by atoms with E-state index < -0.39 is 0 Å². The second kappa shape index (κ2) is 5.49. The molecule has 0 fully saturated rings. The summed E-state index contributed by atoms with van der Waals surface area (Å²) in [6.45, 7) is 6.87. The molecule has 1 aromatic rings. The number of carbonyl (C=O) groups is 1. The van der Waals surface area contributed by atoms with Gasteiger partial charge in [0.15, 0.2) is 6.29 Å². The highest BCUT2D eigenvalue weighted by Crippen LogP contribution is 2.15. The molecule has 0 spiro atoms. The molecule has 0 aliphatic rings. The fraction of sp³-hybridized carbons (Fsp3) is 0.500. The van der Waals surface area contributed by atoms with Crippen molar-refractivity contribution in [3.8, 4) is 5.88 Å². The van der Waals surface area contributed by atoms with Crippen molar-refractivity contribution in [3.63, 3.8) is 0 Å². The monoisotopic (exact) mass is 207 g/mol. The number of rotatable bonds is 5. The fourth-order valence-electron chi connectivity index (χ4n) is 1.19. The fourth-order valence-corrected chi connectivity index (χ4v) is 1.19. The molecule has 0 aliphatic heterocycles. The maximum atomic E-state index is 10.5. The van der Waals surface area contributed by atoms with E-state index in [0.29, 0.717) is 24.0 Å². The summed E-state index contributed by atoms with van der Waals surface area (Å²) in [6, 6.07) is 1.78. The van der Waals surface area contributed by atoms with E-state index >= 15 is 0 Å². The summed E-state index contributed by atoms with van der Waals surface area (Å²) in [6.07, 6.45) is 3.33. The van der Waals surface area contributed by atoms with Gasteiger partial charge in [-0.1, -0.05) is 13.8 Å². The number of hydrogen-bond acceptors (Lipinski definition) is 3. The van der Waals surface area contributed by atoms with Crippen LogP contribution in [0.2, 0.25) is 0 Å². The summed E-state index contributed by atoms with van der Waals surface area (Å²) in [5, 5.41) is 0. The summed E-state index contributed by atoms with van der Waals surface area (Å²) in [7, 11) is 0. The quantitative estimate of drug-likeness (QED) is 0.697. The summed E-state index contributed by atoms with van der Waals surface area (Å²) in [5.41, 5.74) is 1.49. The molecular formula is C12H17NO2. The van der Waals surface area contributed by atoms with Gasteiger partial charge >= 0.3 is 0 Å². The van der Waals surface area contributed by atoms with Gasteiger partial charge in [0, 0.05) is 17.3 Å². The Morgan fingerprint density at radius 2 is 2.27 bits per heavy atom. The molecule has 0 N–H and O–H groups in total. The van der Waals surface area contributed by atoms with Crippen LogP contribution in [0.1, 0.15) is 36.2 Å². The Labute approximate surface area is 90.5 Å². The highest BCUT2D eigenvalue weighted by atomic mass is 16.5. The van der Waals surface area contributed by atoms with E-state index in [-0.39, 0.29) is 0 Å². The molecule has 3 heteroatoms.